The summed E-state index contributed by atoms with van der Waals surface area (Å²) in [7, 11) is 1.82. The molecule has 1 aromatic heterocycles. The van der Waals surface area contributed by atoms with Crippen molar-refractivity contribution < 1.29 is 0 Å². The van der Waals surface area contributed by atoms with Crippen LogP contribution in [0.15, 0.2) is 35.3 Å². The number of aromatic nitrogens is 1. The van der Waals surface area contributed by atoms with E-state index in [9.17, 15) is 0 Å². The molecule has 0 amide bonds. The molecule has 0 radical (unpaired) electrons. The van der Waals surface area contributed by atoms with E-state index in [1.165, 1.54) is 0 Å². The van der Waals surface area contributed by atoms with Gasteiger partial charge in [-0.3, -0.25) is 0 Å². The molecule has 72 valence electrons. The van der Waals surface area contributed by atoms with Crippen molar-refractivity contribution in [2.45, 2.75) is 0 Å². The Bertz CT molecular complexity index is 408. The summed E-state index contributed by atoms with van der Waals surface area (Å²) >= 11 is 0.272. The van der Waals surface area contributed by atoms with Gasteiger partial charge in [-0.05, 0) is 0 Å². The van der Waals surface area contributed by atoms with E-state index < -0.39 is 0 Å². The van der Waals surface area contributed by atoms with Crippen molar-refractivity contribution in [1.29, 1.82) is 0 Å². The van der Waals surface area contributed by atoms with Gasteiger partial charge in [0.05, 0.1) is 0 Å². The van der Waals surface area contributed by atoms with Crippen LogP contribution < -0.4 is 10.9 Å². The van der Waals surface area contributed by atoms with Crippen LogP contribution in [0.5, 0.6) is 0 Å². The van der Waals surface area contributed by atoms with Crippen LogP contribution in [0.4, 0.5) is 4.69 Å². The fourth-order valence-corrected chi connectivity index (χ4v) is 2.68. The van der Waals surface area contributed by atoms with Gasteiger partial charge in [-0.15, -0.1) is 0 Å². The van der Waals surface area contributed by atoms with Crippen LogP contribution in [0.1, 0.15) is 0 Å². The van der Waals surface area contributed by atoms with Crippen LogP contribution in [0.25, 0.3) is 11.3 Å². The van der Waals surface area contributed by atoms with Gasteiger partial charge < -0.3 is 0 Å². The Hall–Kier alpha value is -1.09. The first-order valence-corrected chi connectivity index (χ1v) is 6.11. The summed E-state index contributed by atoms with van der Waals surface area (Å²) < 4.78 is 0.969. The molecule has 2 aromatic rings. The zero-order chi connectivity index (χ0) is 9.97. The normalized spacial score (nSPS) is 10.1. The number of rotatable bonds is 2. The van der Waals surface area contributed by atoms with Gasteiger partial charge >= 0.3 is 88.6 Å². The summed E-state index contributed by atoms with van der Waals surface area (Å²) in [4.78, 5) is 6.62. The monoisotopic (exact) mass is 253 g/mol. The average molecular weight is 252 g/mol. The second kappa shape index (κ2) is 3.96. The molecular weight excluding hydrogens is 241 g/mol. The molecule has 0 atom stereocenters. The SMILES string of the molecule is CN(N)c1nc(-c2ccccc2)c[se]1. The van der Waals surface area contributed by atoms with Gasteiger partial charge in [-0.2, -0.15) is 0 Å². The first-order valence-electron chi connectivity index (χ1n) is 4.27. The predicted octanol–water partition coefficient (Wildman–Crippen LogP) is 1.12. The Kier molecular flexibility index (Phi) is 2.68. The van der Waals surface area contributed by atoms with Crippen molar-refractivity contribution in [2.75, 3.05) is 12.1 Å². The third-order valence-electron chi connectivity index (χ3n) is 1.86. The van der Waals surface area contributed by atoms with Crippen LogP contribution in [0.3, 0.4) is 0 Å². The first kappa shape index (κ1) is 9.46. The van der Waals surface area contributed by atoms with Crippen molar-refractivity contribution in [1.82, 2.24) is 4.98 Å². The zero-order valence-corrected chi connectivity index (χ0v) is 9.56. The molecule has 1 heterocycles. The molecular formula is C10H11N3Se. The second-order valence-electron chi connectivity index (χ2n) is 2.99. The Labute approximate surface area is 88.9 Å². The van der Waals surface area contributed by atoms with Gasteiger partial charge in [0.15, 0.2) is 0 Å². The molecule has 3 nitrogen and oxygen atoms in total. The molecule has 0 spiro atoms. The van der Waals surface area contributed by atoms with Gasteiger partial charge in [-0.25, -0.2) is 0 Å². The minimum absolute atomic E-state index is 0.272. The van der Waals surface area contributed by atoms with Crippen LogP contribution in [0.2, 0.25) is 0 Å². The quantitative estimate of drug-likeness (QED) is 0.494. The average Bonchev–Trinajstić information content (AvgIpc) is 2.68. The Morgan fingerprint density at radius 3 is 2.57 bits per heavy atom. The molecule has 0 fully saturated rings. The number of nitrogens with zero attached hydrogens (tertiary/aromatic N) is 2. The number of nitrogens with two attached hydrogens (primary N) is 1. The maximum absolute atomic E-state index is 5.62. The van der Waals surface area contributed by atoms with Gasteiger partial charge in [0.1, 0.15) is 0 Å². The van der Waals surface area contributed by atoms with Gasteiger partial charge in [-0.1, -0.05) is 0 Å². The predicted molar refractivity (Wildman–Crippen MR) is 59.2 cm³/mol. The zero-order valence-electron chi connectivity index (χ0n) is 7.84. The van der Waals surface area contributed by atoms with Gasteiger partial charge in [0, 0.05) is 0 Å². The summed E-state index contributed by atoms with van der Waals surface area (Å²) in [6.07, 6.45) is 0. The molecule has 0 saturated heterocycles. The molecule has 1 aromatic carbocycles. The van der Waals surface area contributed by atoms with Crippen molar-refractivity contribution in [2.24, 2.45) is 5.84 Å². The van der Waals surface area contributed by atoms with Crippen molar-refractivity contribution >= 4 is 19.2 Å². The third-order valence-corrected chi connectivity index (χ3v) is 3.82. The van der Waals surface area contributed by atoms with E-state index in [0.29, 0.717) is 0 Å². The summed E-state index contributed by atoms with van der Waals surface area (Å²) in [6, 6.07) is 10.2. The Balaban J connectivity index is 2.34. The number of hydrogen-bond donors (Lipinski definition) is 1. The molecule has 4 heteroatoms. The van der Waals surface area contributed by atoms with Crippen LogP contribution in [0, 0.1) is 0 Å². The van der Waals surface area contributed by atoms with Crippen LogP contribution in [-0.4, -0.2) is 26.5 Å². The van der Waals surface area contributed by atoms with Crippen LogP contribution >= 0.6 is 0 Å². The van der Waals surface area contributed by atoms with E-state index in [0.717, 1.165) is 15.9 Å². The second-order valence-corrected chi connectivity index (χ2v) is 4.75. The van der Waals surface area contributed by atoms with E-state index in [4.69, 9.17) is 5.84 Å². The Morgan fingerprint density at radius 1 is 1.29 bits per heavy atom. The number of anilines is 1. The summed E-state index contributed by atoms with van der Waals surface area (Å²) in [5.74, 6) is 5.62. The molecule has 2 rings (SSSR count). The maximum atomic E-state index is 5.62. The van der Waals surface area contributed by atoms with E-state index >= 15 is 0 Å². The molecule has 0 unspecified atom stereocenters. The molecule has 2 N–H and O–H groups in total. The molecule has 0 aliphatic heterocycles. The molecule has 14 heavy (non-hydrogen) atoms. The first-order chi connectivity index (χ1) is 6.77. The minimum atomic E-state index is 0.272. The van der Waals surface area contributed by atoms with Gasteiger partial charge in [0.2, 0.25) is 0 Å². The van der Waals surface area contributed by atoms with Gasteiger partial charge in [0.25, 0.3) is 0 Å². The standard InChI is InChI=1S/C10H11N3Se/c1-13(11)10-12-9(7-14-10)8-5-3-2-4-6-8/h2-7H,11H2,1H3. The molecule has 0 saturated carbocycles. The number of benzene rings is 1. The Morgan fingerprint density at radius 2 is 2.00 bits per heavy atom. The van der Waals surface area contributed by atoms with Crippen molar-refractivity contribution in [3.8, 4) is 11.3 Å². The van der Waals surface area contributed by atoms with Crippen molar-refractivity contribution in [3.63, 3.8) is 0 Å². The third kappa shape index (κ3) is 1.87. The molecule has 0 bridgehead atoms. The van der Waals surface area contributed by atoms with E-state index in [1.807, 2.05) is 25.2 Å². The van der Waals surface area contributed by atoms with E-state index in [2.05, 4.69) is 22.1 Å². The fourth-order valence-electron chi connectivity index (χ4n) is 1.17. The molecule has 0 aliphatic carbocycles. The summed E-state index contributed by atoms with van der Waals surface area (Å²) in [5, 5.41) is 1.59. The van der Waals surface area contributed by atoms with Crippen molar-refractivity contribution in [3.05, 3.63) is 35.3 Å². The molecule has 0 aliphatic rings. The van der Waals surface area contributed by atoms with Crippen LogP contribution in [-0.2, 0) is 0 Å². The number of hydrazine groups is 1. The number of hydrogen-bond acceptors (Lipinski definition) is 3. The summed E-state index contributed by atoms with van der Waals surface area (Å²) in [5.41, 5.74) is 2.20. The topological polar surface area (TPSA) is 42.1 Å². The fraction of sp³-hybridized carbons (Fsp3) is 0.100. The van der Waals surface area contributed by atoms with E-state index in [1.54, 1.807) is 5.01 Å². The van der Waals surface area contributed by atoms with E-state index in [-0.39, 0.29) is 14.5 Å². The summed E-state index contributed by atoms with van der Waals surface area (Å²) in [6.45, 7) is 0.